The van der Waals surface area contributed by atoms with Gasteiger partial charge in [0.05, 0.1) is 5.92 Å². The molecular formula is C9H13NO4. The summed E-state index contributed by atoms with van der Waals surface area (Å²) in [5.41, 5.74) is -0.711. The van der Waals surface area contributed by atoms with E-state index in [-0.39, 0.29) is 6.42 Å². The van der Waals surface area contributed by atoms with Gasteiger partial charge < -0.3 is 15.5 Å². The molecule has 5 heteroatoms. The molecular weight excluding hydrogens is 186 g/mol. The van der Waals surface area contributed by atoms with Crippen LogP contribution in [0.2, 0.25) is 0 Å². The van der Waals surface area contributed by atoms with Gasteiger partial charge in [0.1, 0.15) is 5.54 Å². The maximum Gasteiger partial charge on any atom is 0.329 e. The van der Waals surface area contributed by atoms with Crippen molar-refractivity contribution in [3.63, 3.8) is 0 Å². The molecule has 0 fully saturated rings. The number of carboxylic acid groups (broad SMARTS) is 2. The van der Waals surface area contributed by atoms with Crippen molar-refractivity contribution >= 4 is 11.9 Å². The van der Waals surface area contributed by atoms with Crippen molar-refractivity contribution in [2.45, 2.75) is 25.8 Å². The molecule has 0 aliphatic carbocycles. The second kappa shape index (κ2) is 3.32. The first-order valence-electron chi connectivity index (χ1n) is 4.29. The number of rotatable bonds is 2. The summed E-state index contributed by atoms with van der Waals surface area (Å²) >= 11 is 0. The normalized spacial score (nSPS) is 31.6. The minimum Gasteiger partial charge on any atom is -0.481 e. The van der Waals surface area contributed by atoms with Crippen molar-refractivity contribution in [2.24, 2.45) is 5.92 Å². The van der Waals surface area contributed by atoms with Crippen LogP contribution in [0.1, 0.15) is 20.3 Å². The topological polar surface area (TPSA) is 86.6 Å². The number of nitrogens with one attached hydrogen (secondary N) is 1. The lowest BCUT2D eigenvalue weighted by molar-refractivity contribution is -0.156. The molecule has 0 radical (unpaired) electrons. The third kappa shape index (κ3) is 1.57. The van der Waals surface area contributed by atoms with Crippen molar-refractivity contribution in [1.82, 2.24) is 5.32 Å². The molecule has 0 aromatic rings. The predicted molar refractivity (Wildman–Crippen MR) is 48.7 cm³/mol. The van der Waals surface area contributed by atoms with Gasteiger partial charge in [0.25, 0.3) is 0 Å². The van der Waals surface area contributed by atoms with E-state index in [2.05, 4.69) is 5.32 Å². The molecule has 3 N–H and O–H groups in total. The Hall–Kier alpha value is -1.52. The minimum absolute atomic E-state index is 0.247. The van der Waals surface area contributed by atoms with Crippen LogP contribution >= 0.6 is 0 Å². The summed E-state index contributed by atoms with van der Waals surface area (Å²) in [6.45, 7) is 3.11. The highest BCUT2D eigenvalue weighted by atomic mass is 16.4. The first-order valence-corrected chi connectivity index (χ1v) is 4.29. The maximum atomic E-state index is 11.0. The standard InChI is InChI=1S/C9H13NO4/c1-5-3-4-6(7(11)12)9(2,10-5)8(13)14/h3,6,10H,4H2,1-2H3,(H,11,12)(H,13,14). The van der Waals surface area contributed by atoms with Gasteiger partial charge >= 0.3 is 11.9 Å². The van der Waals surface area contributed by atoms with Crippen molar-refractivity contribution in [2.75, 3.05) is 0 Å². The van der Waals surface area contributed by atoms with Crippen LogP contribution < -0.4 is 5.32 Å². The molecule has 78 valence electrons. The number of allylic oxidation sites excluding steroid dienone is 2. The number of aliphatic carboxylic acids is 2. The van der Waals surface area contributed by atoms with E-state index in [0.29, 0.717) is 5.70 Å². The Morgan fingerprint density at radius 2 is 2.14 bits per heavy atom. The molecule has 0 amide bonds. The summed E-state index contributed by atoms with van der Waals surface area (Å²) in [4.78, 5) is 21.8. The predicted octanol–water partition coefficient (Wildman–Crippen LogP) is 0.428. The molecule has 1 rings (SSSR count). The molecule has 2 atom stereocenters. The van der Waals surface area contributed by atoms with Crippen LogP contribution in [-0.4, -0.2) is 27.7 Å². The SMILES string of the molecule is CC1=CCC(C(=O)O)C(C)(C(=O)O)N1. The van der Waals surface area contributed by atoms with Crippen molar-refractivity contribution in [3.05, 3.63) is 11.8 Å². The van der Waals surface area contributed by atoms with Gasteiger partial charge in [0, 0.05) is 5.70 Å². The lowest BCUT2D eigenvalue weighted by Gasteiger charge is -2.36. The summed E-state index contributed by atoms with van der Waals surface area (Å²) in [6, 6.07) is 0. The van der Waals surface area contributed by atoms with Gasteiger partial charge in [0.2, 0.25) is 0 Å². The van der Waals surface area contributed by atoms with Crippen LogP contribution in [0.5, 0.6) is 0 Å². The molecule has 0 spiro atoms. The Morgan fingerprint density at radius 1 is 1.57 bits per heavy atom. The Bertz CT molecular complexity index is 310. The molecule has 0 saturated carbocycles. The van der Waals surface area contributed by atoms with Crippen LogP contribution in [0, 0.1) is 5.92 Å². The van der Waals surface area contributed by atoms with E-state index >= 15 is 0 Å². The molecule has 0 aromatic heterocycles. The Morgan fingerprint density at radius 3 is 2.57 bits per heavy atom. The van der Waals surface area contributed by atoms with E-state index < -0.39 is 23.4 Å². The van der Waals surface area contributed by atoms with Gasteiger partial charge in [0.15, 0.2) is 0 Å². The van der Waals surface area contributed by atoms with E-state index in [4.69, 9.17) is 10.2 Å². The number of hydrogen-bond donors (Lipinski definition) is 3. The number of hydrogen-bond acceptors (Lipinski definition) is 3. The fraction of sp³-hybridized carbons (Fsp3) is 0.556. The van der Waals surface area contributed by atoms with Crippen LogP contribution in [0.3, 0.4) is 0 Å². The van der Waals surface area contributed by atoms with Crippen LogP contribution in [0.25, 0.3) is 0 Å². The Labute approximate surface area is 81.4 Å². The molecule has 1 heterocycles. The molecule has 14 heavy (non-hydrogen) atoms. The Kier molecular flexibility index (Phi) is 2.51. The highest BCUT2D eigenvalue weighted by Crippen LogP contribution is 2.27. The highest BCUT2D eigenvalue weighted by molar-refractivity contribution is 5.87. The monoisotopic (exact) mass is 199 g/mol. The molecule has 0 saturated heterocycles. The van der Waals surface area contributed by atoms with Gasteiger partial charge in [-0.3, -0.25) is 4.79 Å². The number of carbonyl (C=O) groups is 2. The first kappa shape index (κ1) is 10.6. The zero-order valence-electron chi connectivity index (χ0n) is 8.07. The third-order valence-corrected chi connectivity index (χ3v) is 2.56. The van der Waals surface area contributed by atoms with E-state index in [1.165, 1.54) is 6.92 Å². The van der Waals surface area contributed by atoms with Gasteiger partial charge in [-0.05, 0) is 20.3 Å². The van der Waals surface area contributed by atoms with Crippen molar-refractivity contribution in [3.8, 4) is 0 Å². The van der Waals surface area contributed by atoms with E-state index in [9.17, 15) is 9.59 Å². The largest absolute Gasteiger partial charge is 0.481 e. The van der Waals surface area contributed by atoms with Gasteiger partial charge in [-0.25, -0.2) is 4.79 Å². The van der Waals surface area contributed by atoms with Crippen LogP contribution in [0.15, 0.2) is 11.8 Å². The zero-order valence-corrected chi connectivity index (χ0v) is 8.07. The first-order chi connectivity index (χ1) is 6.38. The fourth-order valence-corrected chi connectivity index (χ4v) is 1.63. The second-order valence-electron chi connectivity index (χ2n) is 3.65. The average Bonchev–Trinajstić information content (AvgIpc) is 2.02. The summed E-state index contributed by atoms with van der Waals surface area (Å²) in [7, 11) is 0. The average molecular weight is 199 g/mol. The lowest BCUT2D eigenvalue weighted by Crippen LogP contribution is -2.58. The Balaban J connectivity index is 3.06. The molecule has 1 aliphatic rings. The summed E-state index contributed by atoms with van der Waals surface area (Å²) in [6.07, 6.45) is 1.94. The third-order valence-electron chi connectivity index (χ3n) is 2.56. The summed E-state index contributed by atoms with van der Waals surface area (Å²) in [5.74, 6) is -3.16. The van der Waals surface area contributed by atoms with Crippen molar-refractivity contribution in [1.29, 1.82) is 0 Å². The maximum absolute atomic E-state index is 11.0. The van der Waals surface area contributed by atoms with E-state index in [1.807, 2.05) is 0 Å². The molecule has 0 bridgehead atoms. The fourth-order valence-electron chi connectivity index (χ4n) is 1.63. The lowest BCUT2D eigenvalue weighted by atomic mass is 9.80. The molecule has 0 aromatic carbocycles. The van der Waals surface area contributed by atoms with Gasteiger partial charge in [-0.1, -0.05) is 6.08 Å². The molecule has 1 aliphatic heterocycles. The van der Waals surface area contributed by atoms with Crippen LogP contribution in [-0.2, 0) is 9.59 Å². The van der Waals surface area contributed by atoms with Gasteiger partial charge in [-0.2, -0.15) is 0 Å². The quantitative estimate of drug-likeness (QED) is 0.600. The highest BCUT2D eigenvalue weighted by Gasteiger charge is 2.47. The minimum atomic E-state index is -1.41. The van der Waals surface area contributed by atoms with E-state index in [1.54, 1.807) is 13.0 Å². The summed E-state index contributed by atoms with van der Waals surface area (Å²) < 4.78 is 0. The molecule has 5 nitrogen and oxygen atoms in total. The van der Waals surface area contributed by atoms with E-state index in [0.717, 1.165) is 0 Å². The summed E-state index contributed by atoms with van der Waals surface area (Å²) in [5, 5.41) is 20.6. The number of carboxylic acids is 2. The van der Waals surface area contributed by atoms with Gasteiger partial charge in [-0.15, -0.1) is 0 Å². The van der Waals surface area contributed by atoms with Crippen LogP contribution in [0.4, 0.5) is 0 Å². The second-order valence-corrected chi connectivity index (χ2v) is 3.65. The zero-order chi connectivity index (χ0) is 10.9. The molecule has 2 unspecified atom stereocenters. The van der Waals surface area contributed by atoms with Crippen molar-refractivity contribution < 1.29 is 19.8 Å². The smallest absolute Gasteiger partial charge is 0.329 e.